The lowest BCUT2D eigenvalue weighted by Gasteiger charge is -2.39. The molecule has 0 aliphatic heterocycles. The second-order valence-corrected chi connectivity index (χ2v) is 7.43. The topological polar surface area (TPSA) is 55.4 Å². The molecule has 0 radical (unpaired) electrons. The summed E-state index contributed by atoms with van der Waals surface area (Å²) in [4.78, 5) is 0. The molecule has 0 aliphatic carbocycles. The molecule has 0 aromatic heterocycles. The van der Waals surface area contributed by atoms with Crippen LogP contribution in [0.4, 0.5) is 0 Å². The lowest BCUT2D eigenvalue weighted by atomic mass is 10.1. The van der Waals surface area contributed by atoms with Gasteiger partial charge in [0.25, 0.3) is 0 Å². The van der Waals surface area contributed by atoms with Gasteiger partial charge in [0.1, 0.15) is 26.2 Å². The molecule has 1 aromatic carbocycles. The predicted molar refractivity (Wildman–Crippen MR) is 123 cm³/mol. The Morgan fingerprint density at radius 3 is 1.41 bits per heavy atom. The summed E-state index contributed by atoms with van der Waals surface area (Å²) in [6.45, 7) is 12.9. The number of quaternary nitrogens is 1. The van der Waals surface area contributed by atoms with E-state index in [9.17, 15) is 0 Å². The molecule has 0 heterocycles. The van der Waals surface area contributed by atoms with Crippen molar-refractivity contribution < 1.29 is 45.3 Å². The molecule has 7 nitrogen and oxygen atoms in total. The van der Waals surface area contributed by atoms with Crippen LogP contribution in [0.25, 0.3) is 6.08 Å². The van der Waals surface area contributed by atoms with Crippen LogP contribution >= 0.6 is 0 Å². The molecule has 0 unspecified atom stereocenters. The molecular weight excluding hydrogens is 434 g/mol. The highest BCUT2D eigenvalue weighted by atomic mass is 35.5. The normalized spacial score (nSPS) is 11.3. The molecule has 0 fully saturated rings. The van der Waals surface area contributed by atoms with E-state index in [-0.39, 0.29) is 12.4 Å². The first-order valence-corrected chi connectivity index (χ1v) is 11.0. The van der Waals surface area contributed by atoms with Gasteiger partial charge in [-0.1, -0.05) is 36.9 Å². The number of rotatable bonds is 21. The minimum atomic E-state index is 0. The molecule has 1 aromatic rings. The van der Waals surface area contributed by atoms with Gasteiger partial charge in [0.05, 0.1) is 59.5 Å². The van der Waals surface area contributed by atoms with Crippen molar-refractivity contribution in [2.75, 3.05) is 100 Å². The van der Waals surface area contributed by atoms with E-state index in [1.54, 1.807) is 21.3 Å². The molecule has 0 amide bonds. The van der Waals surface area contributed by atoms with Crippen LogP contribution in [0.2, 0.25) is 0 Å². The fourth-order valence-corrected chi connectivity index (χ4v) is 3.23. The third-order valence-corrected chi connectivity index (χ3v) is 5.16. The molecule has 0 spiro atoms. The van der Waals surface area contributed by atoms with Gasteiger partial charge in [-0.05, 0) is 5.56 Å². The van der Waals surface area contributed by atoms with Crippen LogP contribution in [0.15, 0.2) is 30.8 Å². The zero-order valence-corrected chi connectivity index (χ0v) is 20.8. The summed E-state index contributed by atoms with van der Waals surface area (Å²) in [5, 5.41) is 0. The summed E-state index contributed by atoms with van der Waals surface area (Å²) >= 11 is 0. The van der Waals surface area contributed by atoms with Gasteiger partial charge in [0, 0.05) is 26.9 Å². The number of halogens is 1. The van der Waals surface area contributed by atoms with Crippen LogP contribution in [0.3, 0.4) is 0 Å². The van der Waals surface area contributed by atoms with Crippen molar-refractivity contribution in [1.82, 2.24) is 0 Å². The summed E-state index contributed by atoms with van der Waals surface area (Å²) < 4.78 is 33.6. The summed E-state index contributed by atoms with van der Waals surface area (Å²) in [6.07, 6.45) is 1.86. The largest absolute Gasteiger partial charge is 1.00 e. The SMILES string of the molecule is C=Cc1ccc(C[N+](CCOCCOC)(CCOCCOC)CCOCCOC)cc1.[Cl-]. The first-order valence-electron chi connectivity index (χ1n) is 11.0. The Labute approximate surface area is 200 Å². The van der Waals surface area contributed by atoms with Gasteiger partial charge in [0.2, 0.25) is 0 Å². The van der Waals surface area contributed by atoms with Gasteiger partial charge >= 0.3 is 0 Å². The van der Waals surface area contributed by atoms with Crippen molar-refractivity contribution in [3.8, 4) is 0 Å². The molecule has 0 atom stereocenters. The smallest absolute Gasteiger partial charge is 0.105 e. The van der Waals surface area contributed by atoms with Crippen molar-refractivity contribution >= 4 is 6.08 Å². The van der Waals surface area contributed by atoms with E-state index < -0.39 is 0 Å². The van der Waals surface area contributed by atoms with E-state index in [0.29, 0.717) is 59.5 Å². The first-order chi connectivity index (χ1) is 15.2. The standard InChI is InChI=1S/C24H42NO6.ClH/c1-5-23-6-8-24(9-7-23)22-25(10-13-29-19-16-26-2,11-14-30-20-17-27-3)12-15-31-21-18-28-4;/h5-9H,1,10-22H2,2-4H3;1H/q+1;/p-1. The maximum atomic E-state index is 5.82. The predicted octanol–water partition coefficient (Wildman–Crippen LogP) is -0.361. The Kier molecular flexibility index (Phi) is 19.9. The van der Waals surface area contributed by atoms with Crippen molar-refractivity contribution in [3.63, 3.8) is 0 Å². The fourth-order valence-electron chi connectivity index (χ4n) is 3.23. The Morgan fingerprint density at radius 1 is 0.656 bits per heavy atom. The lowest BCUT2D eigenvalue weighted by molar-refractivity contribution is -0.941. The number of hydrogen-bond acceptors (Lipinski definition) is 6. The highest BCUT2D eigenvalue weighted by Gasteiger charge is 2.28. The number of hydrogen-bond donors (Lipinski definition) is 0. The maximum Gasteiger partial charge on any atom is 0.105 e. The molecule has 32 heavy (non-hydrogen) atoms. The quantitative estimate of drug-likeness (QED) is 0.179. The highest BCUT2D eigenvalue weighted by Crippen LogP contribution is 2.17. The van der Waals surface area contributed by atoms with E-state index in [0.717, 1.165) is 36.2 Å². The van der Waals surface area contributed by atoms with Crippen LogP contribution in [0, 0.1) is 0 Å². The summed E-state index contributed by atoms with van der Waals surface area (Å²) in [6, 6.07) is 8.56. The minimum Gasteiger partial charge on any atom is -1.00 e. The fraction of sp³-hybridized carbons (Fsp3) is 0.667. The van der Waals surface area contributed by atoms with Gasteiger partial charge in [-0.3, -0.25) is 0 Å². The summed E-state index contributed by atoms with van der Waals surface area (Å²) in [5.74, 6) is 0. The number of ether oxygens (including phenoxy) is 6. The van der Waals surface area contributed by atoms with Crippen molar-refractivity contribution in [2.24, 2.45) is 0 Å². The molecule has 0 aliphatic rings. The highest BCUT2D eigenvalue weighted by molar-refractivity contribution is 5.47. The Morgan fingerprint density at radius 2 is 1.06 bits per heavy atom. The lowest BCUT2D eigenvalue weighted by Crippen LogP contribution is -3.00. The number of methoxy groups -OCH3 is 3. The number of benzene rings is 1. The van der Waals surface area contributed by atoms with Crippen LogP contribution in [0.1, 0.15) is 11.1 Å². The van der Waals surface area contributed by atoms with E-state index in [1.165, 1.54) is 5.56 Å². The second kappa shape index (κ2) is 20.6. The summed E-state index contributed by atoms with van der Waals surface area (Å²) in [5.41, 5.74) is 2.40. The zero-order valence-electron chi connectivity index (χ0n) is 20.1. The van der Waals surface area contributed by atoms with E-state index in [2.05, 4.69) is 30.8 Å². The van der Waals surface area contributed by atoms with E-state index in [4.69, 9.17) is 28.4 Å². The van der Waals surface area contributed by atoms with E-state index >= 15 is 0 Å². The molecular formula is C24H42ClNO6. The summed E-state index contributed by atoms with van der Waals surface area (Å²) in [7, 11) is 5.06. The monoisotopic (exact) mass is 475 g/mol. The van der Waals surface area contributed by atoms with Gasteiger partial charge in [0.15, 0.2) is 0 Å². The van der Waals surface area contributed by atoms with Crippen LogP contribution in [-0.4, -0.2) is 105 Å². The van der Waals surface area contributed by atoms with Crippen molar-refractivity contribution in [2.45, 2.75) is 6.54 Å². The average Bonchev–Trinajstić information content (AvgIpc) is 2.79. The van der Waals surface area contributed by atoms with Crippen LogP contribution < -0.4 is 12.4 Å². The van der Waals surface area contributed by atoms with Crippen LogP contribution in [0.5, 0.6) is 0 Å². The molecule has 0 saturated carbocycles. The molecule has 186 valence electrons. The maximum absolute atomic E-state index is 5.82. The van der Waals surface area contributed by atoms with Crippen molar-refractivity contribution in [1.29, 1.82) is 0 Å². The number of nitrogens with zero attached hydrogens (tertiary/aromatic N) is 1. The molecule has 8 heteroatoms. The Hall–Kier alpha value is -1.03. The average molecular weight is 476 g/mol. The molecule has 0 bridgehead atoms. The molecule has 1 rings (SSSR count). The van der Waals surface area contributed by atoms with Crippen molar-refractivity contribution in [3.05, 3.63) is 42.0 Å². The second-order valence-electron chi connectivity index (χ2n) is 7.43. The Balaban J connectivity index is 0.00000961. The van der Waals surface area contributed by atoms with Crippen LogP contribution in [-0.2, 0) is 35.0 Å². The van der Waals surface area contributed by atoms with Gasteiger partial charge in [-0.2, -0.15) is 0 Å². The van der Waals surface area contributed by atoms with Gasteiger partial charge in [-0.25, -0.2) is 0 Å². The molecule has 0 N–H and O–H groups in total. The van der Waals surface area contributed by atoms with E-state index in [1.807, 2.05) is 6.08 Å². The molecule has 0 saturated heterocycles. The Bertz CT molecular complexity index is 522. The third kappa shape index (κ3) is 14.2. The zero-order chi connectivity index (χ0) is 22.6. The third-order valence-electron chi connectivity index (χ3n) is 5.16. The van der Waals surface area contributed by atoms with Gasteiger partial charge < -0.3 is 45.3 Å². The first kappa shape index (κ1) is 31.0. The minimum absolute atomic E-state index is 0. The van der Waals surface area contributed by atoms with Gasteiger partial charge in [-0.15, -0.1) is 0 Å².